The number of hydrogen-bond acceptors (Lipinski definition) is 3. The summed E-state index contributed by atoms with van der Waals surface area (Å²) in [5.74, 6) is 6.29. The Balaban J connectivity index is 1.64. The zero-order valence-electron chi connectivity index (χ0n) is 15.2. The minimum Gasteiger partial charge on any atom is -0.275 e. The summed E-state index contributed by atoms with van der Waals surface area (Å²) < 4.78 is 1.84. The standard InChI is InChI=1S/C23H18N4/c1-17-4-3-5-21(25-17)11-8-18-6-9-20(10-7-18)23-22(16-27(2)26-23)19-12-14-24-15-13-19/h3-7,9-10,12-16H,1-2H3. The van der Waals surface area contributed by atoms with Gasteiger partial charge in [-0.05, 0) is 54.8 Å². The van der Waals surface area contributed by atoms with Gasteiger partial charge < -0.3 is 0 Å². The van der Waals surface area contributed by atoms with Gasteiger partial charge in [-0.15, -0.1) is 0 Å². The molecule has 4 aromatic rings. The predicted molar refractivity (Wildman–Crippen MR) is 107 cm³/mol. The minimum absolute atomic E-state index is 0.781. The molecular weight excluding hydrogens is 332 g/mol. The highest BCUT2D eigenvalue weighted by Gasteiger charge is 2.11. The van der Waals surface area contributed by atoms with Gasteiger partial charge >= 0.3 is 0 Å². The molecule has 0 N–H and O–H groups in total. The Morgan fingerprint density at radius 3 is 2.37 bits per heavy atom. The fourth-order valence-corrected chi connectivity index (χ4v) is 2.90. The first-order chi connectivity index (χ1) is 13.2. The summed E-state index contributed by atoms with van der Waals surface area (Å²) >= 11 is 0. The highest BCUT2D eigenvalue weighted by molar-refractivity contribution is 5.80. The van der Waals surface area contributed by atoms with Crippen molar-refractivity contribution >= 4 is 0 Å². The number of hydrogen-bond donors (Lipinski definition) is 0. The van der Waals surface area contributed by atoms with E-state index in [0.717, 1.165) is 39.3 Å². The van der Waals surface area contributed by atoms with E-state index in [9.17, 15) is 0 Å². The molecule has 0 bridgehead atoms. The summed E-state index contributed by atoms with van der Waals surface area (Å²) in [6.45, 7) is 1.97. The van der Waals surface area contributed by atoms with E-state index in [2.05, 4.69) is 39.0 Å². The van der Waals surface area contributed by atoms with Crippen molar-refractivity contribution in [3.05, 3.63) is 90.1 Å². The lowest BCUT2D eigenvalue weighted by Gasteiger charge is -2.03. The van der Waals surface area contributed by atoms with Gasteiger partial charge in [-0.2, -0.15) is 5.10 Å². The van der Waals surface area contributed by atoms with Crippen LogP contribution in [0.15, 0.2) is 73.2 Å². The lowest BCUT2D eigenvalue weighted by molar-refractivity contribution is 0.771. The Kier molecular flexibility index (Phi) is 4.51. The summed E-state index contributed by atoms with van der Waals surface area (Å²) in [7, 11) is 1.93. The van der Waals surface area contributed by atoms with Crippen LogP contribution in [0.3, 0.4) is 0 Å². The Hall–Kier alpha value is -3.71. The fourth-order valence-electron chi connectivity index (χ4n) is 2.90. The van der Waals surface area contributed by atoms with Crippen LogP contribution in [0.4, 0.5) is 0 Å². The molecule has 0 amide bonds. The third-order valence-electron chi connectivity index (χ3n) is 4.20. The molecule has 4 rings (SSSR count). The van der Waals surface area contributed by atoms with Gasteiger partial charge in [-0.1, -0.05) is 24.1 Å². The molecule has 4 heteroatoms. The van der Waals surface area contributed by atoms with E-state index in [0.29, 0.717) is 0 Å². The molecule has 0 saturated heterocycles. The summed E-state index contributed by atoms with van der Waals surface area (Å²) in [6, 6.07) is 18.0. The number of rotatable bonds is 2. The number of aromatic nitrogens is 4. The van der Waals surface area contributed by atoms with Crippen molar-refractivity contribution in [1.82, 2.24) is 19.7 Å². The van der Waals surface area contributed by atoms with Crippen LogP contribution >= 0.6 is 0 Å². The number of nitrogens with zero attached hydrogens (tertiary/aromatic N) is 4. The van der Waals surface area contributed by atoms with Gasteiger partial charge in [-0.25, -0.2) is 4.98 Å². The van der Waals surface area contributed by atoms with Gasteiger partial charge in [0.05, 0.1) is 0 Å². The Bertz CT molecular complexity index is 1130. The topological polar surface area (TPSA) is 43.6 Å². The highest BCUT2D eigenvalue weighted by Crippen LogP contribution is 2.30. The molecule has 3 heterocycles. The lowest BCUT2D eigenvalue weighted by atomic mass is 10.0. The van der Waals surface area contributed by atoms with E-state index in [1.54, 1.807) is 12.4 Å². The first-order valence-electron chi connectivity index (χ1n) is 8.69. The van der Waals surface area contributed by atoms with Crippen molar-refractivity contribution < 1.29 is 0 Å². The minimum atomic E-state index is 0.781. The highest BCUT2D eigenvalue weighted by atomic mass is 15.2. The maximum Gasteiger partial charge on any atom is 0.113 e. The van der Waals surface area contributed by atoms with Crippen LogP contribution in [-0.4, -0.2) is 19.7 Å². The van der Waals surface area contributed by atoms with E-state index in [1.165, 1.54) is 0 Å². The molecule has 0 aliphatic rings. The van der Waals surface area contributed by atoms with Crippen molar-refractivity contribution in [3.63, 3.8) is 0 Å². The Labute approximate surface area is 158 Å². The molecule has 0 spiro atoms. The SMILES string of the molecule is Cc1cccc(C#Cc2ccc(-c3nn(C)cc3-c3ccncc3)cc2)n1. The van der Waals surface area contributed by atoms with Crippen LogP contribution in [0.2, 0.25) is 0 Å². The summed E-state index contributed by atoms with van der Waals surface area (Å²) in [5.41, 5.74) is 6.89. The van der Waals surface area contributed by atoms with E-state index in [4.69, 9.17) is 0 Å². The average Bonchev–Trinajstić information content (AvgIpc) is 3.09. The largest absolute Gasteiger partial charge is 0.275 e. The van der Waals surface area contributed by atoms with Gasteiger partial charge in [0.2, 0.25) is 0 Å². The average molecular weight is 350 g/mol. The Morgan fingerprint density at radius 2 is 1.63 bits per heavy atom. The third-order valence-corrected chi connectivity index (χ3v) is 4.20. The molecule has 0 aliphatic carbocycles. The molecular formula is C23H18N4. The molecule has 0 fully saturated rings. The first kappa shape index (κ1) is 16.7. The maximum absolute atomic E-state index is 4.64. The summed E-state index contributed by atoms with van der Waals surface area (Å²) in [5, 5.41) is 4.64. The van der Waals surface area contributed by atoms with Crippen LogP contribution < -0.4 is 0 Å². The fraction of sp³-hybridized carbons (Fsp3) is 0.0870. The zero-order chi connectivity index (χ0) is 18.6. The monoisotopic (exact) mass is 350 g/mol. The van der Waals surface area contributed by atoms with Crippen LogP contribution in [0, 0.1) is 18.8 Å². The smallest absolute Gasteiger partial charge is 0.113 e. The molecule has 0 unspecified atom stereocenters. The van der Waals surface area contributed by atoms with Crippen LogP contribution in [0.1, 0.15) is 17.0 Å². The van der Waals surface area contributed by atoms with Crippen LogP contribution in [0.5, 0.6) is 0 Å². The number of benzene rings is 1. The van der Waals surface area contributed by atoms with E-state index >= 15 is 0 Å². The molecule has 0 atom stereocenters. The summed E-state index contributed by atoms with van der Waals surface area (Å²) in [4.78, 5) is 8.50. The second-order valence-electron chi connectivity index (χ2n) is 6.29. The van der Waals surface area contributed by atoms with Crippen molar-refractivity contribution in [2.45, 2.75) is 6.92 Å². The second-order valence-corrected chi connectivity index (χ2v) is 6.29. The van der Waals surface area contributed by atoms with Crippen molar-refractivity contribution in [3.8, 4) is 34.2 Å². The van der Waals surface area contributed by atoms with E-state index < -0.39 is 0 Å². The molecule has 130 valence electrons. The quantitative estimate of drug-likeness (QED) is 0.508. The first-order valence-corrected chi connectivity index (χ1v) is 8.69. The summed E-state index contributed by atoms with van der Waals surface area (Å²) in [6.07, 6.45) is 5.62. The lowest BCUT2D eigenvalue weighted by Crippen LogP contribution is -1.88. The van der Waals surface area contributed by atoms with Crippen molar-refractivity contribution in [2.24, 2.45) is 7.05 Å². The third kappa shape index (κ3) is 3.78. The van der Waals surface area contributed by atoms with Gasteiger partial charge in [0, 0.05) is 48.0 Å². The van der Waals surface area contributed by atoms with Gasteiger partial charge in [-0.3, -0.25) is 9.67 Å². The maximum atomic E-state index is 4.64. The van der Waals surface area contributed by atoms with Crippen molar-refractivity contribution in [2.75, 3.05) is 0 Å². The predicted octanol–water partition coefficient (Wildman–Crippen LogP) is 4.25. The number of pyridine rings is 2. The molecule has 0 radical (unpaired) electrons. The molecule has 4 nitrogen and oxygen atoms in total. The van der Waals surface area contributed by atoms with Crippen molar-refractivity contribution in [1.29, 1.82) is 0 Å². The van der Waals surface area contributed by atoms with Crippen LogP contribution in [0.25, 0.3) is 22.4 Å². The van der Waals surface area contributed by atoms with Gasteiger partial charge in [0.1, 0.15) is 11.4 Å². The van der Waals surface area contributed by atoms with E-state index in [1.807, 2.05) is 67.3 Å². The zero-order valence-corrected chi connectivity index (χ0v) is 15.2. The molecule has 1 aromatic carbocycles. The van der Waals surface area contributed by atoms with E-state index in [-0.39, 0.29) is 0 Å². The normalized spacial score (nSPS) is 10.3. The van der Waals surface area contributed by atoms with Gasteiger partial charge in [0.15, 0.2) is 0 Å². The number of aryl methyl sites for hydroxylation is 2. The van der Waals surface area contributed by atoms with Crippen LogP contribution in [-0.2, 0) is 7.05 Å². The molecule has 27 heavy (non-hydrogen) atoms. The molecule has 3 aromatic heterocycles. The second kappa shape index (κ2) is 7.27. The van der Waals surface area contributed by atoms with Gasteiger partial charge in [0.25, 0.3) is 0 Å². The Morgan fingerprint density at radius 1 is 0.852 bits per heavy atom. The molecule has 0 saturated carbocycles. The molecule has 0 aliphatic heterocycles.